The van der Waals surface area contributed by atoms with Gasteiger partial charge in [-0.1, -0.05) is 20.6 Å². The molecule has 6 heteroatoms. The second-order valence-electron chi connectivity index (χ2n) is 9.30. The minimum absolute atomic E-state index is 0.0137. The number of carbonyl (C=O) groups is 1. The normalized spacial score (nSPS) is 30.3. The SMILES string of the molecule is [2H]C([2H])([2H])C([2H])(C([2H])([2H])[2H])[C@@]1([2H])CN(c2nc(C3CC3)c3c(c2C#N)CC(C)(C)OC3)CCN1C(=O)CCC. The number of nitriles is 1. The first kappa shape index (κ1) is 14.1. The molecule has 1 atom stereocenters. The third kappa shape index (κ3) is 4.30. The summed E-state index contributed by atoms with van der Waals surface area (Å²) in [4.78, 5) is 20.5. The standard InChI is InChI=1S/C25H36N4O2/c1-6-7-22(30)29-11-10-28(14-21(29)16(2)3)24-19(13-26)18-12-25(4,5)31-15-20(18)23(27-24)17-8-9-17/h16-17,21H,6-12,14-15H2,1-5H3/t21-/m1/s1/i2D3,3D3,16D,21D. The Balaban J connectivity index is 1.90. The van der Waals surface area contributed by atoms with Gasteiger partial charge in [0.15, 0.2) is 0 Å². The molecule has 4 rings (SSSR count). The van der Waals surface area contributed by atoms with E-state index in [9.17, 15) is 11.4 Å². The van der Waals surface area contributed by atoms with Crippen LogP contribution in [0.5, 0.6) is 0 Å². The number of piperazine rings is 1. The molecule has 3 aliphatic rings. The number of ether oxygens (including phenoxy) is 1. The summed E-state index contributed by atoms with van der Waals surface area (Å²) in [5.41, 5.74) is 2.23. The zero-order valence-corrected chi connectivity index (χ0v) is 18.5. The van der Waals surface area contributed by atoms with Gasteiger partial charge in [0, 0.05) is 53.6 Å². The first-order valence-electron chi connectivity index (χ1n) is 15.1. The molecular weight excluding hydrogens is 388 g/mol. The van der Waals surface area contributed by atoms with E-state index in [1.165, 1.54) is 4.90 Å². The summed E-state index contributed by atoms with van der Waals surface area (Å²) >= 11 is 0. The van der Waals surface area contributed by atoms with Gasteiger partial charge in [-0.3, -0.25) is 4.79 Å². The zero-order valence-electron chi connectivity index (χ0n) is 26.5. The molecule has 1 saturated heterocycles. The topological polar surface area (TPSA) is 69.5 Å². The zero-order chi connectivity index (χ0) is 29.2. The number of fused-ring (bicyclic) bond motifs is 1. The van der Waals surface area contributed by atoms with Gasteiger partial charge in [-0.2, -0.15) is 5.26 Å². The number of nitrogens with zero attached hydrogens (tertiary/aromatic N) is 4. The molecule has 2 fully saturated rings. The van der Waals surface area contributed by atoms with Gasteiger partial charge >= 0.3 is 0 Å². The maximum atomic E-state index is 13.2. The van der Waals surface area contributed by atoms with Gasteiger partial charge in [0.1, 0.15) is 11.9 Å². The lowest BCUT2D eigenvalue weighted by Gasteiger charge is -2.44. The van der Waals surface area contributed by atoms with Crippen molar-refractivity contribution in [2.24, 2.45) is 5.89 Å². The number of hydrogen-bond acceptors (Lipinski definition) is 5. The van der Waals surface area contributed by atoms with E-state index in [0.29, 0.717) is 19.4 Å². The van der Waals surface area contributed by atoms with Crippen LogP contribution in [-0.2, 0) is 22.6 Å². The molecule has 6 nitrogen and oxygen atoms in total. The monoisotopic (exact) mass is 432 g/mol. The van der Waals surface area contributed by atoms with Crippen molar-refractivity contribution in [3.63, 3.8) is 0 Å². The highest BCUT2D eigenvalue weighted by Gasteiger charge is 2.39. The molecular formula is C25H36N4O2. The number of rotatable bonds is 5. The van der Waals surface area contributed by atoms with Gasteiger partial charge in [-0.05, 0) is 44.6 Å². The van der Waals surface area contributed by atoms with Crippen LogP contribution >= 0.6 is 0 Å². The van der Waals surface area contributed by atoms with Crippen LogP contribution in [0.15, 0.2) is 0 Å². The van der Waals surface area contributed by atoms with Crippen molar-refractivity contribution in [2.45, 2.75) is 90.7 Å². The molecule has 1 aliphatic carbocycles. The second kappa shape index (κ2) is 8.43. The fraction of sp³-hybridized carbons (Fsp3) is 0.720. The third-order valence-corrected chi connectivity index (χ3v) is 6.32. The molecule has 1 aromatic rings. The lowest BCUT2D eigenvalue weighted by atomic mass is 9.87. The van der Waals surface area contributed by atoms with Crippen LogP contribution < -0.4 is 4.90 Å². The molecule has 31 heavy (non-hydrogen) atoms. The first-order chi connectivity index (χ1) is 17.9. The fourth-order valence-electron chi connectivity index (χ4n) is 4.54. The van der Waals surface area contributed by atoms with E-state index in [-0.39, 0.29) is 36.8 Å². The highest BCUT2D eigenvalue weighted by Crippen LogP contribution is 2.46. The molecule has 168 valence electrons. The Morgan fingerprint density at radius 2 is 2.19 bits per heavy atom. The van der Waals surface area contributed by atoms with E-state index in [4.69, 9.17) is 19.3 Å². The summed E-state index contributed by atoms with van der Waals surface area (Å²) in [5, 5.41) is 10.3. The van der Waals surface area contributed by atoms with Gasteiger partial charge in [-0.25, -0.2) is 4.98 Å². The predicted octanol–water partition coefficient (Wildman–Crippen LogP) is 4.16. The second-order valence-corrected chi connectivity index (χ2v) is 9.30. The van der Waals surface area contributed by atoms with Crippen molar-refractivity contribution in [2.75, 3.05) is 24.5 Å². The van der Waals surface area contributed by atoms with Crippen LogP contribution in [0.25, 0.3) is 0 Å². The summed E-state index contributed by atoms with van der Waals surface area (Å²) < 4.78 is 72.8. The van der Waals surface area contributed by atoms with Gasteiger partial charge in [-0.15, -0.1) is 0 Å². The highest BCUT2D eigenvalue weighted by atomic mass is 16.5. The molecule has 1 saturated carbocycles. The Bertz CT molecular complexity index is 1170. The maximum Gasteiger partial charge on any atom is 0.222 e. The number of anilines is 1. The van der Waals surface area contributed by atoms with Crippen molar-refractivity contribution >= 4 is 11.7 Å². The first-order valence-corrected chi connectivity index (χ1v) is 11.1. The van der Waals surface area contributed by atoms with Crippen molar-refractivity contribution in [3.05, 3.63) is 22.4 Å². The molecule has 0 radical (unpaired) electrons. The van der Waals surface area contributed by atoms with E-state index >= 15 is 0 Å². The molecule has 1 aromatic heterocycles. The highest BCUT2D eigenvalue weighted by molar-refractivity contribution is 5.77. The van der Waals surface area contributed by atoms with Crippen LogP contribution in [0, 0.1) is 17.2 Å². The molecule has 0 spiro atoms. The van der Waals surface area contributed by atoms with Crippen LogP contribution in [0.3, 0.4) is 0 Å². The summed E-state index contributed by atoms with van der Waals surface area (Å²) in [7, 11) is 0. The average Bonchev–Trinajstić information content (AvgIpc) is 3.65. The van der Waals surface area contributed by atoms with Gasteiger partial charge in [0.25, 0.3) is 0 Å². The van der Waals surface area contributed by atoms with Crippen LogP contribution in [0.2, 0.25) is 0 Å². The van der Waals surface area contributed by atoms with Crippen LogP contribution in [0.1, 0.15) is 99.4 Å². The minimum Gasteiger partial charge on any atom is -0.370 e. The van der Waals surface area contributed by atoms with Crippen molar-refractivity contribution in [1.29, 1.82) is 5.26 Å². The summed E-state index contributed by atoms with van der Waals surface area (Å²) in [5.74, 6) is -3.46. The van der Waals surface area contributed by atoms with E-state index in [0.717, 1.165) is 34.6 Å². The van der Waals surface area contributed by atoms with Crippen molar-refractivity contribution < 1.29 is 20.5 Å². The van der Waals surface area contributed by atoms with E-state index in [2.05, 4.69) is 6.07 Å². The molecule has 2 aliphatic heterocycles. The smallest absolute Gasteiger partial charge is 0.222 e. The molecule has 0 bridgehead atoms. The molecule has 0 unspecified atom stereocenters. The largest absolute Gasteiger partial charge is 0.370 e. The lowest BCUT2D eigenvalue weighted by Crippen LogP contribution is -2.57. The summed E-state index contributed by atoms with van der Waals surface area (Å²) in [6.45, 7) is -1.57. The van der Waals surface area contributed by atoms with E-state index < -0.39 is 43.7 Å². The number of amides is 1. The Morgan fingerprint density at radius 3 is 2.84 bits per heavy atom. The maximum absolute atomic E-state index is 13.2. The molecule has 3 heterocycles. The Morgan fingerprint density at radius 1 is 1.42 bits per heavy atom. The molecule has 1 amide bonds. The minimum atomic E-state index is -3.42. The Hall–Kier alpha value is -2.13. The number of hydrogen-bond donors (Lipinski definition) is 0. The molecule has 0 N–H and O–H groups in total. The van der Waals surface area contributed by atoms with Crippen LogP contribution in [0.4, 0.5) is 5.82 Å². The Kier molecular flexibility index (Phi) is 3.83. The van der Waals surface area contributed by atoms with Crippen molar-refractivity contribution in [3.8, 4) is 6.07 Å². The van der Waals surface area contributed by atoms with Gasteiger partial charge in [0.05, 0.1) is 30.9 Å². The van der Waals surface area contributed by atoms with Gasteiger partial charge in [0.2, 0.25) is 5.91 Å². The quantitative estimate of drug-likeness (QED) is 0.699. The number of carbonyl (C=O) groups excluding carboxylic acids is 1. The summed E-state index contributed by atoms with van der Waals surface area (Å²) in [6, 6.07) is -0.425. The summed E-state index contributed by atoms with van der Waals surface area (Å²) in [6.07, 6.45) is 2.72. The number of aromatic nitrogens is 1. The van der Waals surface area contributed by atoms with Crippen molar-refractivity contribution in [1.82, 2.24) is 9.88 Å². The average molecular weight is 433 g/mol. The van der Waals surface area contributed by atoms with Crippen LogP contribution in [-0.4, -0.2) is 47.0 Å². The Labute approximate surface area is 197 Å². The fourth-order valence-corrected chi connectivity index (χ4v) is 4.54. The lowest BCUT2D eigenvalue weighted by molar-refractivity contribution is -0.135. The molecule has 0 aromatic carbocycles. The predicted molar refractivity (Wildman–Crippen MR) is 121 cm³/mol. The van der Waals surface area contributed by atoms with Gasteiger partial charge < -0.3 is 14.5 Å². The third-order valence-electron chi connectivity index (χ3n) is 6.32. The number of pyridine rings is 1. The van der Waals surface area contributed by atoms with E-state index in [1.54, 1.807) is 6.92 Å². The van der Waals surface area contributed by atoms with E-state index in [1.807, 2.05) is 13.8 Å².